The van der Waals surface area contributed by atoms with E-state index in [-0.39, 0.29) is 31.0 Å². The Kier molecular flexibility index (Phi) is 5.26. The van der Waals surface area contributed by atoms with Crippen LogP contribution in [0.1, 0.15) is 12.1 Å². The molecule has 13 heteroatoms. The molecule has 0 amide bonds. The molecular formula is C18H20F2N6O5. The highest BCUT2D eigenvalue weighted by molar-refractivity contribution is 5.71. The van der Waals surface area contributed by atoms with E-state index in [1.54, 1.807) is 0 Å². The molecule has 11 nitrogen and oxygen atoms in total. The Labute approximate surface area is 174 Å². The molecule has 2 aliphatic rings. The minimum atomic E-state index is -2.84. The largest absolute Gasteiger partial charge is 0.462 e. The Morgan fingerprint density at radius 3 is 2.90 bits per heavy atom. The lowest BCUT2D eigenvalue weighted by Crippen LogP contribution is -2.41. The predicted octanol–water partition coefficient (Wildman–Crippen LogP) is -0.965. The Morgan fingerprint density at radius 2 is 2.23 bits per heavy atom. The molecule has 0 aromatic carbocycles. The number of hydrogen-bond acceptors (Lipinski definition) is 10. The molecule has 0 aliphatic carbocycles. The van der Waals surface area contributed by atoms with Gasteiger partial charge in [0.2, 0.25) is 5.60 Å². The molecule has 2 aliphatic heterocycles. The van der Waals surface area contributed by atoms with Crippen molar-refractivity contribution in [2.24, 2.45) is 0 Å². The zero-order valence-corrected chi connectivity index (χ0v) is 16.2. The molecule has 0 bridgehead atoms. The number of carbonyl (C=O) groups excluding carboxylic acids is 1. The molecule has 4 heterocycles. The number of nitrogens with zero attached hydrogens (tertiary/aromatic N) is 5. The maximum Gasteiger partial charge on any atom is 0.320 e. The Bertz CT molecular complexity index is 1040. The first kappa shape index (κ1) is 21.3. The van der Waals surface area contributed by atoms with Crippen molar-refractivity contribution in [2.75, 3.05) is 32.0 Å². The van der Waals surface area contributed by atoms with E-state index in [0.29, 0.717) is 5.52 Å². The molecule has 0 unspecified atom stereocenters. The van der Waals surface area contributed by atoms with Crippen LogP contribution in [0.15, 0.2) is 18.5 Å². The second-order valence-electron chi connectivity index (χ2n) is 7.60. The normalized spacial score (nSPS) is 30.5. The number of aliphatic hydroxyl groups excluding tert-OH is 2. The number of rotatable bonds is 5. The van der Waals surface area contributed by atoms with E-state index in [1.165, 1.54) is 21.5 Å². The summed E-state index contributed by atoms with van der Waals surface area (Å²) in [7, 11) is 0. The lowest BCUT2D eigenvalue weighted by Gasteiger charge is -2.24. The molecule has 0 spiro atoms. The summed E-state index contributed by atoms with van der Waals surface area (Å²) in [6.07, 6.45) is -3.65. The van der Waals surface area contributed by atoms with Crippen molar-refractivity contribution in [1.29, 1.82) is 5.26 Å². The number of nitrogens with two attached hydrogens (primary N) is 1. The smallest absolute Gasteiger partial charge is 0.320 e. The second-order valence-corrected chi connectivity index (χ2v) is 7.60. The molecule has 0 saturated carbocycles. The third kappa shape index (κ3) is 3.68. The summed E-state index contributed by atoms with van der Waals surface area (Å²) in [6, 6.07) is 4.86. The third-order valence-electron chi connectivity index (χ3n) is 5.50. The standard InChI is InChI=1S/C18H20F2N6O5/c19-17(20)3-4-25(8-17)5-13(27)30-6-11-14(28)15(29)18(7-21,31-11)12-2-1-10-16(22)23-9-24-26(10)12/h1-2,9,11,14-15,28-29H,3-6,8H2,(H2,22,23,24)/t11-,14-,15-,18+/m1/s1. The number of esters is 1. The molecule has 166 valence electrons. The van der Waals surface area contributed by atoms with Crippen LogP contribution in [-0.4, -0.2) is 86.2 Å². The van der Waals surface area contributed by atoms with Gasteiger partial charge < -0.3 is 25.4 Å². The predicted molar refractivity (Wildman–Crippen MR) is 98.5 cm³/mol. The highest BCUT2D eigenvalue weighted by Gasteiger charge is 2.57. The molecule has 4 rings (SSSR count). The van der Waals surface area contributed by atoms with E-state index in [1.807, 2.05) is 6.07 Å². The molecule has 2 aromatic heterocycles. The molecule has 4 atom stereocenters. The van der Waals surface area contributed by atoms with Gasteiger partial charge in [0.15, 0.2) is 5.82 Å². The van der Waals surface area contributed by atoms with Gasteiger partial charge >= 0.3 is 5.97 Å². The average molecular weight is 438 g/mol. The molecular weight excluding hydrogens is 418 g/mol. The number of anilines is 1. The van der Waals surface area contributed by atoms with Gasteiger partial charge in [-0.2, -0.15) is 10.4 Å². The van der Waals surface area contributed by atoms with Gasteiger partial charge in [-0.25, -0.2) is 18.3 Å². The summed E-state index contributed by atoms with van der Waals surface area (Å²) in [5.74, 6) is -3.49. The van der Waals surface area contributed by atoms with Gasteiger partial charge in [-0.3, -0.25) is 9.69 Å². The molecule has 2 fully saturated rings. The van der Waals surface area contributed by atoms with Crippen LogP contribution in [0.2, 0.25) is 0 Å². The molecule has 4 N–H and O–H groups in total. The van der Waals surface area contributed by atoms with Crippen LogP contribution in [0.25, 0.3) is 5.52 Å². The fourth-order valence-electron chi connectivity index (χ4n) is 3.90. The van der Waals surface area contributed by atoms with Crippen LogP contribution in [0.4, 0.5) is 14.6 Å². The van der Waals surface area contributed by atoms with Crippen molar-refractivity contribution in [1.82, 2.24) is 19.5 Å². The lowest BCUT2D eigenvalue weighted by molar-refractivity contribution is -0.151. The van der Waals surface area contributed by atoms with Gasteiger partial charge in [-0.1, -0.05) is 0 Å². The second kappa shape index (κ2) is 7.65. The van der Waals surface area contributed by atoms with E-state index in [2.05, 4.69) is 10.1 Å². The van der Waals surface area contributed by atoms with Crippen molar-refractivity contribution in [3.63, 3.8) is 0 Å². The van der Waals surface area contributed by atoms with Crippen molar-refractivity contribution >= 4 is 17.3 Å². The number of carbonyl (C=O) groups is 1. The zero-order valence-electron chi connectivity index (χ0n) is 16.2. The SMILES string of the molecule is N#C[C@@]1(c2ccc3c(N)ncnn23)O[C@H](COC(=O)CN2CCC(F)(F)C2)[C@@H](O)[C@H]1O. The number of ether oxygens (including phenoxy) is 2. The fraction of sp³-hybridized carbons (Fsp3) is 0.556. The van der Waals surface area contributed by atoms with Gasteiger partial charge in [0, 0.05) is 13.0 Å². The van der Waals surface area contributed by atoms with Crippen LogP contribution < -0.4 is 5.73 Å². The Morgan fingerprint density at radius 1 is 1.45 bits per heavy atom. The zero-order chi connectivity index (χ0) is 22.4. The van der Waals surface area contributed by atoms with Crippen LogP contribution in [0.3, 0.4) is 0 Å². The first-order chi connectivity index (χ1) is 14.7. The van der Waals surface area contributed by atoms with Gasteiger partial charge in [0.05, 0.1) is 18.8 Å². The van der Waals surface area contributed by atoms with Gasteiger partial charge in [-0.15, -0.1) is 0 Å². The van der Waals surface area contributed by atoms with E-state index < -0.39 is 49.0 Å². The van der Waals surface area contributed by atoms with Gasteiger partial charge in [0.25, 0.3) is 5.92 Å². The number of alkyl halides is 2. The summed E-state index contributed by atoms with van der Waals surface area (Å²) in [5, 5.41) is 34.9. The maximum atomic E-state index is 13.2. The van der Waals surface area contributed by atoms with Crippen molar-refractivity contribution in [3.05, 3.63) is 24.2 Å². The fourth-order valence-corrected chi connectivity index (χ4v) is 3.90. The summed E-state index contributed by atoms with van der Waals surface area (Å²) in [5.41, 5.74) is 4.26. The number of hydrogen-bond donors (Lipinski definition) is 3. The van der Waals surface area contributed by atoms with Crippen LogP contribution in [0, 0.1) is 11.3 Å². The highest BCUT2D eigenvalue weighted by Crippen LogP contribution is 2.40. The van der Waals surface area contributed by atoms with Gasteiger partial charge in [-0.05, 0) is 12.1 Å². The maximum absolute atomic E-state index is 13.2. The molecule has 31 heavy (non-hydrogen) atoms. The minimum Gasteiger partial charge on any atom is -0.462 e. The number of likely N-dealkylation sites (tertiary alicyclic amines) is 1. The summed E-state index contributed by atoms with van der Waals surface area (Å²) >= 11 is 0. The minimum absolute atomic E-state index is 0.0627. The first-order valence-electron chi connectivity index (χ1n) is 9.46. The Balaban J connectivity index is 1.47. The third-order valence-corrected chi connectivity index (χ3v) is 5.50. The summed E-state index contributed by atoms with van der Waals surface area (Å²) in [4.78, 5) is 17.1. The van der Waals surface area contributed by atoms with Crippen LogP contribution >= 0.6 is 0 Å². The van der Waals surface area contributed by atoms with Gasteiger partial charge in [0.1, 0.15) is 42.8 Å². The number of aromatic nitrogens is 3. The first-order valence-corrected chi connectivity index (χ1v) is 9.46. The number of halogens is 2. The van der Waals surface area contributed by atoms with E-state index in [9.17, 15) is 29.1 Å². The summed E-state index contributed by atoms with van der Waals surface area (Å²) in [6.45, 7) is -1.30. The van der Waals surface area contributed by atoms with Crippen molar-refractivity contribution < 1.29 is 33.3 Å². The summed E-state index contributed by atoms with van der Waals surface area (Å²) < 4.78 is 38.5. The quantitative estimate of drug-likeness (QED) is 0.496. The highest BCUT2D eigenvalue weighted by atomic mass is 19.3. The Hall–Kier alpha value is -2.92. The van der Waals surface area contributed by atoms with Crippen molar-refractivity contribution in [3.8, 4) is 6.07 Å². The van der Waals surface area contributed by atoms with Crippen molar-refractivity contribution in [2.45, 2.75) is 36.3 Å². The number of nitrogen functional groups attached to an aromatic ring is 1. The topological polar surface area (TPSA) is 159 Å². The van der Waals surface area contributed by atoms with E-state index in [4.69, 9.17) is 15.2 Å². The number of aliphatic hydroxyl groups is 2. The van der Waals surface area contributed by atoms with Crippen LogP contribution in [0.5, 0.6) is 0 Å². The molecule has 2 saturated heterocycles. The van der Waals surface area contributed by atoms with E-state index >= 15 is 0 Å². The monoisotopic (exact) mass is 438 g/mol. The number of fused-ring (bicyclic) bond motifs is 1. The molecule has 2 aromatic rings. The molecule has 0 radical (unpaired) electrons. The van der Waals surface area contributed by atoms with E-state index in [0.717, 1.165) is 6.33 Å². The lowest BCUT2D eigenvalue weighted by atomic mass is 9.92. The van der Waals surface area contributed by atoms with Crippen LogP contribution in [-0.2, 0) is 19.9 Å². The number of nitriles is 1. The average Bonchev–Trinajstić information content (AvgIpc) is 3.37.